The highest BCUT2D eigenvalue weighted by atomic mass is 16.5. The number of carboxylic acid groups (broad SMARTS) is 1. The second-order valence-electron chi connectivity index (χ2n) is 2.14. The summed E-state index contributed by atoms with van der Waals surface area (Å²) in [4.78, 5) is 21.1. The van der Waals surface area contributed by atoms with Gasteiger partial charge in [-0.25, -0.2) is 0 Å². The Balaban J connectivity index is 4.68. The first-order chi connectivity index (χ1) is 5.49. The van der Waals surface area contributed by atoms with Gasteiger partial charge in [-0.15, -0.1) is 0 Å². The lowest BCUT2D eigenvalue weighted by molar-refractivity contribution is -0.297. The van der Waals surface area contributed by atoms with Crippen LogP contribution in [0.15, 0.2) is 24.0 Å². The first-order valence-electron chi connectivity index (χ1n) is 3.16. The molecule has 0 saturated carbocycles. The Morgan fingerprint density at radius 1 is 1.50 bits per heavy atom. The molecule has 0 unspecified atom stereocenters. The minimum Gasteiger partial charge on any atom is -0.545 e. The molecule has 66 valence electrons. The summed E-state index contributed by atoms with van der Waals surface area (Å²) in [5.41, 5.74) is 0.212. The van der Waals surface area contributed by atoms with Crippen LogP contribution in [0.2, 0.25) is 0 Å². The van der Waals surface area contributed by atoms with Crippen LogP contribution in [0.1, 0.15) is 6.92 Å². The van der Waals surface area contributed by atoms with E-state index in [0.29, 0.717) is 6.08 Å². The molecule has 0 aliphatic rings. The SMILES string of the molecule is C=C(C)C(=O)C(=CC(=O)[O-])OC. The molecule has 0 aromatic heterocycles. The smallest absolute Gasteiger partial charge is 0.222 e. The third kappa shape index (κ3) is 3.01. The Kier molecular flexibility index (Phi) is 3.76. The first-order valence-corrected chi connectivity index (χ1v) is 3.16. The van der Waals surface area contributed by atoms with Gasteiger partial charge < -0.3 is 14.6 Å². The van der Waals surface area contributed by atoms with Gasteiger partial charge in [0.2, 0.25) is 5.78 Å². The molecule has 4 nitrogen and oxygen atoms in total. The molecule has 0 aromatic rings. The van der Waals surface area contributed by atoms with E-state index in [1.165, 1.54) is 14.0 Å². The summed E-state index contributed by atoms with van der Waals surface area (Å²) in [6, 6.07) is 0. The Morgan fingerprint density at radius 2 is 2.00 bits per heavy atom. The standard InChI is InChI=1S/C8H10O4/c1-5(2)8(11)6(12-3)4-7(9)10/h4H,1H2,2-3H3,(H,9,10)/p-1. The van der Waals surface area contributed by atoms with Gasteiger partial charge in [-0.2, -0.15) is 0 Å². The van der Waals surface area contributed by atoms with Crippen LogP contribution in [-0.4, -0.2) is 18.9 Å². The number of hydrogen-bond acceptors (Lipinski definition) is 4. The predicted octanol–water partition coefficient (Wildman–Crippen LogP) is -0.588. The summed E-state index contributed by atoms with van der Waals surface area (Å²) in [7, 11) is 1.20. The molecule has 0 aliphatic carbocycles. The Bertz CT molecular complexity index is 250. The monoisotopic (exact) mass is 169 g/mol. The van der Waals surface area contributed by atoms with Crippen LogP contribution < -0.4 is 5.11 Å². The van der Waals surface area contributed by atoms with Gasteiger partial charge in [-0.05, 0) is 12.5 Å². The molecule has 0 saturated heterocycles. The number of carboxylic acids is 1. The van der Waals surface area contributed by atoms with Crippen molar-refractivity contribution in [1.82, 2.24) is 0 Å². The molecule has 0 rings (SSSR count). The number of methoxy groups -OCH3 is 1. The topological polar surface area (TPSA) is 66.4 Å². The van der Waals surface area contributed by atoms with Crippen molar-refractivity contribution in [3.8, 4) is 0 Å². The molecule has 0 amide bonds. The molecule has 0 spiro atoms. The molecule has 0 aliphatic heterocycles. The number of allylic oxidation sites excluding steroid dienone is 1. The molecule has 0 bridgehead atoms. The fourth-order valence-corrected chi connectivity index (χ4v) is 0.535. The summed E-state index contributed by atoms with van der Waals surface area (Å²) in [6.45, 7) is 4.81. The molecular weight excluding hydrogens is 160 g/mol. The zero-order valence-electron chi connectivity index (χ0n) is 6.92. The van der Waals surface area contributed by atoms with Crippen LogP contribution in [0.25, 0.3) is 0 Å². The molecule has 0 heterocycles. The minimum atomic E-state index is -1.47. The number of Topliss-reactive ketones (excluding diaryl/α,β-unsaturated/α-hetero) is 1. The van der Waals surface area contributed by atoms with Crippen LogP contribution in [0, 0.1) is 0 Å². The number of ether oxygens (including phenoxy) is 1. The maximum atomic E-state index is 11.0. The van der Waals surface area contributed by atoms with E-state index in [2.05, 4.69) is 11.3 Å². The van der Waals surface area contributed by atoms with Gasteiger partial charge in [0, 0.05) is 6.08 Å². The summed E-state index contributed by atoms with van der Waals surface area (Å²) < 4.78 is 4.51. The maximum Gasteiger partial charge on any atom is 0.222 e. The lowest BCUT2D eigenvalue weighted by Crippen LogP contribution is -2.21. The van der Waals surface area contributed by atoms with Crippen molar-refractivity contribution in [3.63, 3.8) is 0 Å². The summed E-state index contributed by atoms with van der Waals surface area (Å²) in [5, 5.41) is 10.0. The average molecular weight is 169 g/mol. The van der Waals surface area contributed by atoms with Crippen LogP contribution >= 0.6 is 0 Å². The molecule has 4 heteroatoms. The van der Waals surface area contributed by atoms with E-state index in [-0.39, 0.29) is 11.3 Å². The van der Waals surface area contributed by atoms with Gasteiger partial charge in [0.05, 0.1) is 13.1 Å². The lowest BCUT2D eigenvalue weighted by atomic mass is 10.2. The second-order valence-corrected chi connectivity index (χ2v) is 2.14. The number of carbonyl (C=O) groups excluding carboxylic acids is 2. The van der Waals surface area contributed by atoms with Crippen molar-refractivity contribution >= 4 is 11.8 Å². The van der Waals surface area contributed by atoms with E-state index < -0.39 is 11.8 Å². The van der Waals surface area contributed by atoms with Crippen molar-refractivity contribution in [2.75, 3.05) is 7.11 Å². The van der Waals surface area contributed by atoms with Crippen molar-refractivity contribution in [1.29, 1.82) is 0 Å². The minimum absolute atomic E-state index is 0.212. The van der Waals surface area contributed by atoms with Gasteiger partial charge in [0.1, 0.15) is 0 Å². The van der Waals surface area contributed by atoms with Gasteiger partial charge in [-0.1, -0.05) is 6.58 Å². The quantitative estimate of drug-likeness (QED) is 0.417. The number of hydrogen-bond donors (Lipinski definition) is 0. The Labute approximate surface area is 70.1 Å². The predicted molar refractivity (Wildman–Crippen MR) is 39.9 cm³/mol. The number of rotatable bonds is 4. The molecule has 12 heavy (non-hydrogen) atoms. The van der Waals surface area contributed by atoms with Crippen LogP contribution in [0.5, 0.6) is 0 Å². The molecule has 0 aromatic carbocycles. The van der Waals surface area contributed by atoms with E-state index >= 15 is 0 Å². The van der Waals surface area contributed by atoms with Crippen LogP contribution in [0.3, 0.4) is 0 Å². The Morgan fingerprint density at radius 3 is 2.25 bits per heavy atom. The van der Waals surface area contributed by atoms with E-state index in [1.54, 1.807) is 0 Å². The summed E-state index contributed by atoms with van der Waals surface area (Å²) >= 11 is 0. The average Bonchev–Trinajstić information content (AvgIpc) is 1.98. The van der Waals surface area contributed by atoms with Crippen molar-refractivity contribution in [2.24, 2.45) is 0 Å². The fraction of sp³-hybridized carbons (Fsp3) is 0.250. The largest absolute Gasteiger partial charge is 0.545 e. The molecule has 0 fully saturated rings. The second kappa shape index (κ2) is 4.33. The van der Waals surface area contributed by atoms with Crippen molar-refractivity contribution in [3.05, 3.63) is 24.0 Å². The highest BCUT2D eigenvalue weighted by molar-refractivity contribution is 6.08. The van der Waals surface area contributed by atoms with E-state index in [9.17, 15) is 14.7 Å². The normalized spacial score (nSPS) is 10.7. The number of ketones is 1. The van der Waals surface area contributed by atoms with Crippen LogP contribution in [0.4, 0.5) is 0 Å². The van der Waals surface area contributed by atoms with Gasteiger partial charge >= 0.3 is 0 Å². The molecule has 0 radical (unpaired) electrons. The third-order valence-electron chi connectivity index (χ3n) is 1.08. The van der Waals surface area contributed by atoms with E-state index in [4.69, 9.17) is 0 Å². The van der Waals surface area contributed by atoms with E-state index in [1.807, 2.05) is 0 Å². The molecule has 0 N–H and O–H groups in total. The van der Waals surface area contributed by atoms with Gasteiger partial charge in [-0.3, -0.25) is 4.79 Å². The highest BCUT2D eigenvalue weighted by Crippen LogP contribution is 2.03. The first kappa shape index (κ1) is 10.4. The molecular formula is C8H9O4-. The fourth-order valence-electron chi connectivity index (χ4n) is 0.535. The maximum absolute atomic E-state index is 11.0. The van der Waals surface area contributed by atoms with Crippen LogP contribution in [-0.2, 0) is 14.3 Å². The highest BCUT2D eigenvalue weighted by Gasteiger charge is 2.09. The number of aliphatic carboxylic acids is 1. The summed E-state index contributed by atoms with van der Waals surface area (Å²) in [6.07, 6.45) is 0.594. The summed E-state index contributed by atoms with van der Waals surface area (Å²) in [5.74, 6) is -2.29. The van der Waals surface area contributed by atoms with Gasteiger partial charge in [0.15, 0.2) is 5.76 Å². The van der Waals surface area contributed by atoms with E-state index in [0.717, 1.165) is 0 Å². The molecule has 0 atom stereocenters. The Hall–Kier alpha value is -1.58. The van der Waals surface area contributed by atoms with Crippen molar-refractivity contribution < 1.29 is 19.4 Å². The van der Waals surface area contributed by atoms with Crippen molar-refractivity contribution in [2.45, 2.75) is 6.92 Å². The zero-order valence-corrected chi connectivity index (χ0v) is 6.92. The van der Waals surface area contributed by atoms with Gasteiger partial charge in [0.25, 0.3) is 0 Å². The third-order valence-corrected chi connectivity index (χ3v) is 1.08. The number of carbonyl (C=O) groups is 2. The lowest BCUT2D eigenvalue weighted by Gasteiger charge is -2.04. The zero-order chi connectivity index (χ0) is 9.72.